The topological polar surface area (TPSA) is 71.3 Å². The van der Waals surface area contributed by atoms with Crippen LogP contribution in [0.4, 0.5) is 0 Å². The van der Waals surface area contributed by atoms with Gasteiger partial charge >= 0.3 is 0 Å². The smallest absolute Gasteiger partial charge is 0.273 e. The van der Waals surface area contributed by atoms with Crippen LogP contribution in [0.3, 0.4) is 0 Å². The van der Waals surface area contributed by atoms with E-state index >= 15 is 0 Å². The normalized spacial score (nSPS) is 11.2. The predicted octanol–water partition coefficient (Wildman–Crippen LogP) is 3.72. The van der Waals surface area contributed by atoms with Gasteiger partial charge in [-0.1, -0.05) is 35.9 Å². The van der Waals surface area contributed by atoms with Gasteiger partial charge < -0.3 is 9.73 Å². The molecule has 0 aliphatic rings. The number of hydrogen-bond donors (Lipinski definition) is 1. The van der Waals surface area contributed by atoms with Gasteiger partial charge in [-0.25, -0.2) is 4.98 Å². The van der Waals surface area contributed by atoms with Gasteiger partial charge in [0.05, 0.1) is 6.54 Å². The summed E-state index contributed by atoms with van der Waals surface area (Å²) >= 11 is 0. The zero-order valence-electron chi connectivity index (χ0n) is 16.6. The molecule has 3 aromatic rings. The first-order valence-electron chi connectivity index (χ1n) is 9.42. The molecule has 1 aromatic carbocycles. The second-order valence-corrected chi connectivity index (χ2v) is 7.16. The number of amides is 1. The summed E-state index contributed by atoms with van der Waals surface area (Å²) in [5.74, 6) is 0.279. The molecule has 0 saturated carbocycles. The number of nitrogens with zero attached hydrogens (tertiary/aromatic N) is 3. The Hall–Kier alpha value is -2.99. The summed E-state index contributed by atoms with van der Waals surface area (Å²) in [6.07, 6.45) is 4.84. The maximum absolute atomic E-state index is 12.3. The van der Waals surface area contributed by atoms with Crippen LogP contribution in [-0.2, 0) is 19.6 Å². The monoisotopic (exact) mass is 378 g/mol. The van der Waals surface area contributed by atoms with Gasteiger partial charge in [0.2, 0.25) is 5.89 Å². The molecule has 1 amide bonds. The Morgan fingerprint density at radius 2 is 2.00 bits per heavy atom. The number of nitrogens with one attached hydrogen (secondary N) is 1. The van der Waals surface area contributed by atoms with E-state index < -0.39 is 0 Å². The summed E-state index contributed by atoms with van der Waals surface area (Å²) < 4.78 is 5.55. The molecule has 2 heterocycles. The zero-order valence-corrected chi connectivity index (χ0v) is 16.6. The number of pyridine rings is 1. The first-order chi connectivity index (χ1) is 13.5. The van der Waals surface area contributed by atoms with Gasteiger partial charge in [0, 0.05) is 31.5 Å². The first-order valence-corrected chi connectivity index (χ1v) is 9.42. The summed E-state index contributed by atoms with van der Waals surface area (Å²) in [5.41, 5.74) is 3.71. The molecular weight excluding hydrogens is 352 g/mol. The van der Waals surface area contributed by atoms with Crippen molar-refractivity contribution in [3.8, 4) is 0 Å². The first kappa shape index (κ1) is 19.8. The molecule has 0 fully saturated rings. The molecule has 0 atom stereocenters. The van der Waals surface area contributed by atoms with Gasteiger partial charge in [0.1, 0.15) is 6.26 Å². The van der Waals surface area contributed by atoms with Gasteiger partial charge in [-0.15, -0.1) is 0 Å². The molecule has 2 aromatic heterocycles. The Labute approximate surface area is 165 Å². The fourth-order valence-electron chi connectivity index (χ4n) is 2.90. The van der Waals surface area contributed by atoms with Crippen LogP contribution in [0.15, 0.2) is 59.5 Å². The van der Waals surface area contributed by atoms with Gasteiger partial charge in [-0.2, -0.15) is 0 Å². The maximum Gasteiger partial charge on any atom is 0.273 e. The molecule has 1 N–H and O–H groups in total. The minimum Gasteiger partial charge on any atom is -0.447 e. The highest BCUT2D eigenvalue weighted by molar-refractivity contribution is 5.91. The molecule has 0 radical (unpaired) electrons. The largest absolute Gasteiger partial charge is 0.447 e. The minimum absolute atomic E-state index is 0.256. The second-order valence-electron chi connectivity index (χ2n) is 7.16. The van der Waals surface area contributed by atoms with E-state index in [-0.39, 0.29) is 11.6 Å². The summed E-state index contributed by atoms with van der Waals surface area (Å²) in [6.45, 7) is 8.11. The number of benzene rings is 1. The highest BCUT2D eigenvalue weighted by Gasteiger charge is 2.17. The lowest BCUT2D eigenvalue weighted by atomic mass is 10.1. The van der Waals surface area contributed by atoms with Crippen LogP contribution in [0.2, 0.25) is 0 Å². The Morgan fingerprint density at radius 1 is 1.18 bits per heavy atom. The van der Waals surface area contributed by atoms with Gasteiger partial charge in [0.15, 0.2) is 5.69 Å². The Morgan fingerprint density at radius 3 is 2.71 bits per heavy atom. The highest BCUT2D eigenvalue weighted by Crippen LogP contribution is 2.14. The van der Waals surface area contributed by atoms with Crippen LogP contribution in [0.1, 0.15) is 46.9 Å². The number of aromatic nitrogens is 2. The molecule has 0 spiro atoms. The van der Waals surface area contributed by atoms with E-state index in [0.717, 1.165) is 12.1 Å². The Kier molecular flexibility index (Phi) is 6.55. The second kappa shape index (κ2) is 9.28. The number of carbonyl (C=O) groups excluding carboxylic acids is 1. The van der Waals surface area contributed by atoms with Crippen molar-refractivity contribution in [3.63, 3.8) is 0 Å². The number of hydrogen-bond acceptors (Lipinski definition) is 5. The predicted molar refractivity (Wildman–Crippen MR) is 107 cm³/mol. The van der Waals surface area contributed by atoms with Crippen molar-refractivity contribution in [2.24, 2.45) is 0 Å². The van der Waals surface area contributed by atoms with Crippen molar-refractivity contribution < 1.29 is 9.21 Å². The van der Waals surface area contributed by atoms with Crippen LogP contribution in [0.5, 0.6) is 0 Å². The SMILES string of the molecule is Cc1cccc(CN(Cc2nc(C(=O)NCc3cccnc3)co2)C(C)C)c1. The van der Waals surface area contributed by atoms with E-state index in [9.17, 15) is 4.79 Å². The van der Waals surface area contributed by atoms with Gasteiger partial charge in [-0.05, 0) is 38.0 Å². The van der Waals surface area contributed by atoms with Crippen LogP contribution in [0, 0.1) is 6.92 Å². The lowest BCUT2D eigenvalue weighted by Crippen LogP contribution is -2.30. The summed E-state index contributed by atoms with van der Waals surface area (Å²) in [6, 6.07) is 12.5. The van der Waals surface area contributed by atoms with Crippen molar-refractivity contribution in [2.75, 3.05) is 0 Å². The molecule has 3 rings (SSSR count). The molecule has 0 bridgehead atoms. The standard InChI is InChI=1S/C22H26N4O2/c1-16(2)26(13-18-7-4-6-17(3)10-18)14-21-25-20(15-28-21)22(27)24-12-19-8-5-9-23-11-19/h4-11,15-16H,12-14H2,1-3H3,(H,24,27). The summed E-state index contributed by atoms with van der Waals surface area (Å²) in [7, 11) is 0. The lowest BCUT2D eigenvalue weighted by Gasteiger charge is -2.25. The number of carbonyl (C=O) groups is 1. The van der Waals surface area contributed by atoms with E-state index in [0.29, 0.717) is 25.0 Å². The quantitative estimate of drug-likeness (QED) is 0.647. The highest BCUT2D eigenvalue weighted by atomic mass is 16.3. The summed E-state index contributed by atoms with van der Waals surface area (Å²) in [5, 5.41) is 2.84. The molecule has 0 aliphatic heterocycles. The van der Waals surface area contributed by atoms with Crippen LogP contribution in [0.25, 0.3) is 0 Å². The fourth-order valence-corrected chi connectivity index (χ4v) is 2.90. The van der Waals surface area contributed by atoms with E-state index in [4.69, 9.17) is 4.42 Å². The lowest BCUT2D eigenvalue weighted by molar-refractivity contribution is 0.0945. The maximum atomic E-state index is 12.3. The fraction of sp³-hybridized carbons (Fsp3) is 0.318. The van der Waals surface area contributed by atoms with E-state index in [2.05, 4.69) is 65.2 Å². The van der Waals surface area contributed by atoms with Gasteiger partial charge in [-0.3, -0.25) is 14.7 Å². The van der Waals surface area contributed by atoms with Crippen molar-refractivity contribution in [1.29, 1.82) is 0 Å². The number of aryl methyl sites for hydroxylation is 1. The van der Waals surface area contributed by atoms with Crippen molar-refractivity contribution >= 4 is 5.91 Å². The molecule has 6 heteroatoms. The van der Waals surface area contributed by atoms with Crippen molar-refractivity contribution in [3.05, 3.63) is 83.3 Å². The molecule has 0 saturated heterocycles. The number of rotatable bonds is 8. The molecule has 146 valence electrons. The van der Waals surface area contributed by atoms with Gasteiger partial charge in [0.25, 0.3) is 5.91 Å². The number of oxazole rings is 1. The van der Waals surface area contributed by atoms with Crippen LogP contribution in [-0.4, -0.2) is 26.8 Å². The summed E-state index contributed by atoms with van der Waals surface area (Å²) in [4.78, 5) is 23.0. The molecule has 6 nitrogen and oxygen atoms in total. The average Bonchev–Trinajstić information content (AvgIpc) is 3.15. The van der Waals surface area contributed by atoms with Crippen molar-refractivity contribution in [1.82, 2.24) is 20.2 Å². The van der Waals surface area contributed by atoms with Crippen LogP contribution >= 0.6 is 0 Å². The average molecular weight is 378 g/mol. The van der Waals surface area contributed by atoms with Crippen LogP contribution < -0.4 is 5.32 Å². The molecule has 0 unspecified atom stereocenters. The minimum atomic E-state index is -0.256. The van der Waals surface area contributed by atoms with Crippen molar-refractivity contribution in [2.45, 2.75) is 46.4 Å². The Balaban J connectivity index is 1.60. The molecule has 0 aliphatic carbocycles. The zero-order chi connectivity index (χ0) is 19.9. The molecule has 28 heavy (non-hydrogen) atoms. The third-order valence-electron chi connectivity index (χ3n) is 4.50. The molecular formula is C22H26N4O2. The Bertz CT molecular complexity index is 906. The van der Waals surface area contributed by atoms with E-state index in [1.165, 1.54) is 17.4 Å². The third-order valence-corrected chi connectivity index (χ3v) is 4.50. The van der Waals surface area contributed by atoms with E-state index in [1.807, 2.05) is 12.1 Å². The third kappa shape index (κ3) is 5.50. The van der Waals surface area contributed by atoms with E-state index in [1.54, 1.807) is 12.4 Å².